The highest BCUT2D eigenvalue weighted by Gasteiger charge is 2.47. The van der Waals surface area contributed by atoms with Crippen LogP contribution in [0.4, 0.5) is 9.59 Å². The number of amides is 2. The van der Waals surface area contributed by atoms with E-state index in [0.717, 1.165) is 25.2 Å². The molecule has 0 N–H and O–H groups in total. The summed E-state index contributed by atoms with van der Waals surface area (Å²) >= 11 is 0. The molecule has 34 heavy (non-hydrogen) atoms. The van der Waals surface area contributed by atoms with Gasteiger partial charge in [0.2, 0.25) is 0 Å². The van der Waals surface area contributed by atoms with E-state index in [4.69, 9.17) is 9.47 Å². The molecular weight excluding hydrogens is 428 g/mol. The van der Waals surface area contributed by atoms with Crippen molar-refractivity contribution in [1.29, 1.82) is 0 Å². The summed E-state index contributed by atoms with van der Waals surface area (Å²) in [6.07, 6.45) is 4.88. The Balaban J connectivity index is 1.37. The molecule has 1 aromatic rings. The van der Waals surface area contributed by atoms with Crippen LogP contribution in [0.25, 0.3) is 0 Å². The van der Waals surface area contributed by atoms with Crippen LogP contribution in [-0.2, 0) is 9.47 Å². The van der Waals surface area contributed by atoms with Gasteiger partial charge in [0.1, 0.15) is 11.2 Å². The Morgan fingerprint density at radius 2 is 1.44 bits per heavy atom. The summed E-state index contributed by atoms with van der Waals surface area (Å²) in [6.45, 7) is 13.4. The average Bonchev–Trinajstić information content (AvgIpc) is 3.64. The second-order valence-electron chi connectivity index (χ2n) is 12.4. The summed E-state index contributed by atoms with van der Waals surface area (Å²) in [5.41, 5.74) is 1.76. The highest BCUT2D eigenvalue weighted by Crippen LogP contribution is 2.47. The van der Waals surface area contributed by atoms with Crippen LogP contribution >= 0.6 is 0 Å². The van der Waals surface area contributed by atoms with Crippen LogP contribution in [0.15, 0.2) is 24.3 Å². The van der Waals surface area contributed by atoms with Crippen LogP contribution in [0.3, 0.4) is 0 Å². The minimum absolute atomic E-state index is 0.186. The molecule has 0 radical (unpaired) electrons. The highest BCUT2D eigenvalue weighted by molar-refractivity contribution is 5.70. The molecule has 1 saturated heterocycles. The van der Waals surface area contributed by atoms with Crippen molar-refractivity contribution in [1.82, 2.24) is 9.80 Å². The number of benzene rings is 1. The second kappa shape index (κ2) is 9.43. The minimum Gasteiger partial charge on any atom is -0.444 e. The van der Waals surface area contributed by atoms with Gasteiger partial charge in [-0.25, -0.2) is 9.59 Å². The van der Waals surface area contributed by atoms with Crippen molar-refractivity contribution >= 4 is 12.2 Å². The molecule has 6 nitrogen and oxygen atoms in total. The van der Waals surface area contributed by atoms with Gasteiger partial charge in [-0.05, 0) is 96.6 Å². The minimum atomic E-state index is -0.522. The molecular formula is C28H42N2O4. The van der Waals surface area contributed by atoms with Gasteiger partial charge in [0.15, 0.2) is 0 Å². The molecule has 2 atom stereocenters. The molecule has 6 heteroatoms. The second-order valence-corrected chi connectivity index (χ2v) is 12.4. The van der Waals surface area contributed by atoms with Crippen molar-refractivity contribution in [2.24, 2.45) is 5.92 Å². The van der Waals surface area contributed by atoms with Gasteiger partial charge < -0.3 is 19.3 Å². The molecule has 0 bridgehead atoms. The fourth-order valence-electron chi connectivity index (χ4n) is 4.88. The standard InChI is InChI=1S/C28H42N2O4/c1-27(2,3)33-25(31)29-15-13-19(14-16-29)18-30(26(32)34-28(4,5)6)24-17-23(24)22-11-9-21(10-12-22)20-7-8-20/h9-12,19-20,23-24H,7-8,13-18H2,1-6H3. The highest BCUT2D eigenvalue weighted by atomic mass is 16.6. The Morgan fingerprint density at radius 1 is 0.882 bits per heavy atom. The van der Waals surface area contributed by atoms with Gasteiger partial charge in [-0.3, -0.25) is 0 Å². The fourth-order valence-corrected chi connectivity index (χ4v) is 4.88. The van der Waals surface area contributed by atoms with Gasteiger partial charge in [0.25, 0.3) is 0 Å². The van der Waals surface area contributed by atoms with Crippen molar-refractivity contribution in [3.05, 3.63) is 35.4 Å². The summed E-state index contributed by atoms with van der Waals surface area (Å²) in [4.78, 5) is 29.4. The van der Waals surface area contributed by atoms with Crippen molar-refractivity contribution in [2.75, 3.05) is 19.6 Å². The van der Waals surface area contributed by atoms with Crippen LogP contribution in [0.1, 0.15) is 96.6 Å². The first-order valence-corrected chi connectivity index (χ1v) is 13.0. The summed E-state index contributed by atoms with van der Waals surface area (Å²) in [6, 6.07) is 9.24. The molecule has 2 unspecified atom stereocenters. The number of hydrogen-bond donors (Lipinski definition) is 0. The third-order valence-electron chi connectivity index (χ3n) is 6.92. The Hall–Kier alpha value is -2.24. The smallest absolute Gasteiger partial charge is 0.410 e. The number of piperidine rings is 1. The molecule has 0 aromatic heterocycles. The van der Waals surface area contributed by atoms with Crippen LogP contribution in [-0.4, -0.2) is 58.9 Å². The number of likely N-dealkylation sites (tertiary alicyclic amines) is 1. The van der Waals surface area contributed by atoms with E-state index in [1.54, 1.807) is 4.90 Å². The lowest BCUT2D eigenvalue weighted by atomic mass is 9.96. The SMILES string of the molecule is CC(C)(C)OC(=O)N1CCC(CN(C(=O)OC(C)(C)C)C2CC2c2ccc(C3CC3)cc2)CC1. The normalized spacial score (nSPS) is 23.4. The predicted octanol–water partition coefficient (Wildman–Crippen LogP) is 6.30. The van der Waals surface area contributed by atoms with Crippen molar-refractivity contribution in [3.63, 3.8) is 0 Å². The molecule has 3 fully saturated rings. The van der Waals surface area contributed by atoms with E-state index in [0.29, 0.717) is 31.5 Å². The average molecular weight is 471 g/mol. The molecule has 0 spiro atoms. The molecule has 2 saturated carbocycles. The number of hydrogen-bond acceptors (Lipinski definition) is 4. The first kappa shape index (κ1) is 24.9. The molecule has 2 aliphatic carbocycles. The topological polar surface area (TPSA) is 59.1 Å². The molecule has 3 aliphatic rings. The van der Waals surface area contributed by atoms with E-state index in [1.807, 2.05) is 46.4 Å². The molecule has 1 heterocycles. The molecule has 4 rings (SSSR count). The largest absolute Gasteiger partial charge is 0.444 e. The molecule has 2 amide bonds. The predicted molar refractivity (Wildman–Crippen MR) is 133 cm³/mol. The number of nitrogens with zero attached hydrogens (tertiary/aromatic N) is 2. The lowest BCUT2D eigenvalue weighted by molar-refractivity contribution is 0.00849. The summed E-state index contributed by atoms with van der Waals surface area (Å²) in [5.74, 6) is 1.49. The maximum absolute atomic E-state index is 13.2. The molecule has 1 aliphatic heterocycles. The van der Waals surface area contributed by atoms with Crippen LogP contribution in [0, 0.1) is 5.92 Å². The summed E-state index contributed by atoms with van der Waals surface area (Å²) < 4.78 is 11.3. The van der Waals surface area contributed by atoms with Gasteiger partial charge in [-0.2, -0.15) is 0 Å². The van der Waals surface area contributed by atoms with Gasteiger partial charge in [-0.15, -0.1) is 0 Å². The van der Waals surface area contributed by atoms with Crippen molar-refractivity contribution in [3.8, 4) is 0 Å². The summed E-state index contributed by atoms with van der Waals surface area (Å²) in [5, 5.41) is 0. The van der Waals surface area contributed by atoms with Gasteiger partial charge in [0, 0.05) is 31.6 Å². The lowest BCUT2D eigenvalue weighted by Gasteiger charge is -2.36. The first-order valence-electron chi connectivity index (χ1n) is 13.0. The van der Waals surface area contributed by atoms with Crippen LogP contribution < -0.4 is 0 Å². The number of carbonyl (C=O) groups excluding carboxylic acids is 2. The molecule has 188 valence electrons. The third-order valence-corrected chi connectivity index (χ3v) is 6.92. The van der Waals surface area contributed by atoms with E-state index >= 15 is 0 Å². The maximum atomic E-state index is 13.2. The van der Waals surface area contributed by atoms with Gasteiger partial charge in [-0.1, -0.05) is 24.3 Å². The van der Waals surface area contributed by atoms with Crippen LogP contribution in [0.2, 0.25) is 0 Å². The van der Waals surface area contributed by atoms with E-state index in [1.165, 1.54) is 24.0 Å². The fraction of sp³-hybridized carbons (Fsp3) is 0.714. The zero-order valence-electron chi connectivity index (χ0n) is 21.8. The lowest BCUT2D eigenvalue weighted by Crippen LogP contribution is -2.46. The Bertz CT molecular complexity index is 871. The van der Waals surface area contributed by atoms with E-state index in [9.17, 15) is 9.59 Å². The zero-order valence-corrected chi connectivity index (χ0v) is 21.8. The number of carbonyl (C=O) groups is 2. The monoisotopic (exact) mass is 470 g/mol. The number of ether oxygens (including phenoxy) is 2. The Kier molecular flexibility index (Phi) is 6.90. The van der Waals surface area contributed by atoms with Gasteiger partial charge in [0.05, 0.1) is 0 Å². The maximum Gasteiger partial charge on any atom is 0.410 e. The van der Waals surface area contributed by atoms with Gasteiger partial charge >= 0.3 is 12.2 Å². The number of rotatable bonds is 5. The quantitative estimate of drug-likeness (QED) is 0.506. The van der Waals surface area contributed by atoms with E-state index < -0.39 is 11.2 Å². The van der Waals surface area contributed by atoms with E-state index in [-0.39, 0.29) is 18.2 Å². The first-order chi connectivity index (χ1) is 15.9. The van der Waals surface area contributed by atoms with Crippen LogP contribution in [0.5, 0.6) is 0 Å². The van der Waals surface area contributed by atoms with Crippen molar-refractivity contribution < 1.29 is 19.1 Å². The van der Waals surface area contributed by atoms with Crippen molar-refractivity contribution in [2.45, 2.75) is 103 Å². The Labute approximate surface area is 205 Å². The Morgan fingerprint density at radius 3 is 1.97 bits per heavy atom. The zero-order chi connectivity index (χ0) is 24.7. The van der Waals surface area contributed by atoms with E-state index in [2.05, 4.69) is 24.3 Å². The summed E-state index contributed by atoms with van der Waals surface area (Å²) in [7, 11) is 0. The molecule has 1 aromatic carbocycles. The third kappa shape index (κ3) is 6.67.